The Morgan fingerprint density at radius 2 is 1.52 bits per heavy atom. The van der Waals surface area contributed by atoms with Crippen molar-refractivity contribution >= 4 is 0 Å². The van der Waals surface area contributed by atoms with Crippen LogP contribution in [0.25, 0.3) is 11.4 Å². The normalized spacial score (nSPS) is 14.1. The minimum atomic E-state index is 0.588. The number of benzene rings is 3. The molecule has 5 heteroatoms. The zero-order valence-electron chi connectivity index (χ0n) is 17.5. The Hall–Kier alpha value is -3.44. The van der Waals surface area contributed by atoms with Crippen molar-refractivity contribution in [3.05, 3.63) is 102 Å². The standard InChI is InChI=1S/C26H26N4O/c1-3-8-21(9-4-1)20-31-24-13-7-10-22(18-24)19-29-15-14-25-27-28-26(30(25)17-16-29)23-11-5-2-6-12-23/h1-13,18H,14-17,19-20H2. The van der Waals surface area contributed by atoms with E-state index in [-0.39, 0.29) is 0 Å². The highest BCUT2D eigenvalue weighted by atomic mass is 16.5. The van der Waals surface area contributed by atoms with Crippen LogP contribution in [0.2, 0.25) is 0 Å². The fourth-order valence-corrected chi connectivity index (χ4v) is 4.06. The summed E-state index contributed by atoms with van der Waals surface area (Å²) in [5.74, 6) is 2.95. The Kier molecular flexibility index (Phi) is 5.76. The highest BCUT2D eigenvalue weighted by Crippen LogP contribution is 2.21. The molecule has 0 spiro atoms. The van der Waals surface area contributed by atoms with Crippen LogP contribution in [0.5, 0.6) is 5.75 Å². The maximum Gasteiger partial charge on any atom is 0.164 e. The van der Waals surface area contributed by atoms with E-state index in [0.717, 1.165) is 55.6 Å². The Balaban J connectivity index is 1.23. The molecule has 1 aliphatic rings. The maximum atomic E-state index is 6.01. The maximum absolute atomic E-state index is 6.01. The third-order valence-electron chi connectivity index (χ3n) is 5.70. The van der Waals surface area contributed by atoms with E-state index in [9.17, 15) is 0 Å². The smallest absolute Gasteiger partial charge is 0.164 e. The minimum absolute atomic E-state index is 0.588. The Morgan fingerprint density at radius 3 is 2.35 bits per heavy atom. The summed E-state index contributed by atoms with van der Waals surface area (Å²) in [5, 5.41) is 8.92. The van der Waals surface area contributed by atoms with E-state index in [0.29, 0.717) is 6.61 Å². The lowest BCUT2D eigenvalue weighted by atomic mass is 10.2. The van der Waals surface area contributed by atoms with Gasteiger partial charge in [-0.25, -0.2) is 0 Å². The van der Waals surface area contributed by atoms with Crippen molar-refractivity contribution in [1.29, 1.82) is 0 Å². The van der Waals surface area contributed by atoms with Crippen molar-refractivity contribution in [2.45, 2.75) is 26.1 Å². The molecule has 5 nitrogen and oxygen atoms in total. The molecule has 0 saturated heterocycles. The summed E-state index contributed by atoms with van der Waals surface area (Å²) in [5.41, 5.74) is 3.57. The lowest BCUT2D eigenvalue weighted by Crippen LogP contribution is -2.26. The molecule has 0 saturated carbocycles. The van der Waals surface area contributed by atoms with Gasteiger partial charge in [-0.05, 0) is 23.3 Å². The topological polar surface area (TPSA) is 43.2 Å². The molecule has 2 heterocycles. The van der Waals surface area contributed by atoms with Crippen molar-refractivity contribution in [2.75, 3.05) is 13.1 Å². The van der Waals surface area contributed by atoms with Gasteiger partial charge >= 0.3 is 0 Å². The summed E-state index contributed by atoms with van der Waals surface area (Å²) >= 11 is 0. The summed E-state index contributed by atoms with van der Waals surface area (Å²) in [7, 11) is 0. The van der Waals surface area contributed by atoms with Crippen LogP contribution in [0.15, 0.2) is 84.9 Å². The molecule has 0 N–H and O–H groups in total. The second-order valence-corrected chi connectivity index (χ2v) is 7.91. The molecular formula is C26H26N4O. The number of hydrogen-bond donors (Lipinski definition) is 0. The first-order chi connectivity index (χ1) is 15.3. The summed E-state index contributed by atoms with van der Waals surface area (Å²) < 4.78 is 8.28. The minimum Gasteiger partial charge on any atom is -0.489 e. The van der Waals surface area contributed by atoms with Gasteiger partial charge in [-0.2, -0.15) is 0 Å². The van der Waals surface area contributed by atoms with E-state index < -0.39 is 0 Å². The predicted molar refractivity (Wildman–Crippen MR) is 122 cm³/mol. The lowest BCUT2D eigenvalue weighted by molar-refractivity contribution is 0.269. The zero-order chi connectivity index (χ0) is 20.9. The van der Waals surface area contributed by atoms with Crippen LogP contribution in [0.1, 0.15) is 17.0 Å². The molecule has 0 bridgehead atoms. The molecule has 0 aliphatic carbocycles. The van der Waals surface area contributed by atoms with Gasteiger partial charge < -0.3 is 9.30 Å². The second kappa shape index (κ2) is 9.14. The van der Waals surface area contributed by atoms with E-state index in [2.05, 4.69) is 62.1 Å². The molecule has 5 rings (SSSR count). The monoisotopic (exact) mass is 410 g/mol. The number of fused-ring (bicyclic) bond motifs is 1. The van der Waals surface area contributed by atoms with E-state index in [1.165, 1.54) is 11.1 Å². The Morgan fingerprint density at radius 1 is 0.742 bits per heavy atom. The van der Waals surface area contributed by atoms with Gasteiger partial charge in [-0.3, -0.25) is 4.90 Å². The number of ether oxygens (including phenoxy) is 1. The molecule has 31 heavy (non-hydrogen) atoms. The SMILES string of the molecule is c1ccc(COc2cccc(CN3CCc4nnc(-c5ccccc5)n4CC3)c2)cc1. The van der Waals surface area contributed by atoms with Crippen LogP contribution in [0, 0.1) is 0 Å². The van der Waals surface area contributed by atoms with Crippen LogP contribution in [0.4, 0.5) is 0 Å². The molecule has 0 amide bonds. The highest BCUT2D eigenvalue weighted by molar-refractivity contribution is 5.55. The number of nitrogens with zero attached hydrogens (tertiary/aromatic N) is 4. The quantitative estimate of drug-likeness (QED) is 0.467. The van der Waals surface area contributed by atoms with Crippen LogP contribution < -0.4 is 4.74 Å². The predicted octanol–water partition coefficient (Wildman–Crippen LogP) is 4.58. The van der Waals surface area contributed by atoms with E-state index >= 15 is 0 Å². The van der Waals surface area contributed by atoms with Crippen LogP contribution in [0.3, 0.4) is 0 Å². The van der Waals surface area contributed by atoms with Gasteiger partial charge in [0.2, 0.25) is 0 Å². The van der Waals surface area contributed by atoms with Crippen LogP contribution in [-0.2, 0) is 26.1 Å². The van der Waals surface area contributed by atoms with Crippen molar-refractivity contribution in [2.24, 2.45) is 0 Å². The van der Waals surface area contributed by atoms with Crippen molar-refractivity contribution in [3.63, 3.8) is 0 Å². The largest absolute Gasteiger partial charge is 0.489 e. The molecule has 156 valence electrons. The third kappa shape index (κ3) is 4.67. The van der Waals surface area contributed by atoms with E-state index in [1.807, 2.05) is 42.5 Å². The average molecular weight is 411 g/mol. The third-order valence-corrected chi connectivity index (χ3v) is 5.70. The van der Waals surface area contributed by atoms with Crippen molar-refractivity contribution in [3.8, 4) is 17.1 Å². The number of aromatic nitrogens is 3. The molecule has 1 aromatic heterocycles. The first-order valence-corrected chi connectivity index (χ1v) is 10.8. The van der Waals surface area contributed by atoms with Gasteiger partial charge in [-0.1, -0.05) is 72.8 Å². The van der Waals surface area contributed by atoms with Crippen LogP contribution >= 0.6 is 0 Å². The summed E-state index contributed by atoms with van der Waals surface area (Å²) in [6, 6.07) is 29.0. The average Bonchev–Trinajstić information content (AvgIpc) is 3.13. The van der Waals surface area contributed by atoms with Gasteiger partial charge in [0.05, 0.1) is 0 Å². The molecule has 3 aromatic carbocycles. The van der Waals surface area contributed by atoms with E-state index in [1.54, 1.807) is 0 Å². The number of hydrogen-bond acceptors (Lipinski definition) is 4. The lowest BCUT2D eigenvalue weighted by Gasteiger charge is -2.20. The summed E-state index contributed by atoms with van der Waals surface area (Å²) in [4.78, 5) is 2.49. The molecule has 0 radical (unpaired) electrons. The Labute approximate surface area is 182 Å². The van der Waals surface area contributed by atoms with Crippen molar-refractivity contribution in [1.82, 2.24) is 19.7 Å². The summed E-state index contributed by atoms with van der Waals surface area (Å²) in [6.45, 7) is 4.34. The van der Waals surface area contributed by atoms with Gasteiger partial charge in [-0.15, -0.1) is 10.2 Å². The molecule has 0 fully saturated rings. The van der Waals surface area contributed by atoms with Gasteiger partial charge in [0.15, 0.2) is 5.82 Å². The number of rotatable bonds is 6. The molecule has 1 aliphatic heterocycles. The van der Waals surface area contributed by atoms with Crippen molar-refractivity contribution < 1.29 is 4.74 Å². The first-order valence-electron chi connectivity index (χ1n) is 10.8. The van der Waals surface area contributed by atoms with Crippen LogP contribution in [-0.4, -0.2) is 32.8 Å². The first kappa shape index (κ1) is 19.5. The molecule has 0 atom stereocenters. The fourth-order valence-electron chi connectivity index (χ4n) is 4.06. The Bertz CT molecular complexity index is 1120. The second-order valence-electron chi connectivity index (χ2n) is 7.91. The van der Waals surface area contributed by atoms with Gasteiger partial charge in [0, 0.05) is 38.2 Å². The fraction of sp³-hybridized carbons (Fsp3) is 0.231. The summed E-state index contributed by atoms with van der Waals surface area (Å²) in [6.07, 6.45) is 0.907. The van der Waals surface area contributed by atoms with Gasteiger partial charge in [0.1, 0.15) is 18.2 Å². The zero-order valence-corrected chi connectivity index (χ0v) is 17.5. The molecule has 0 unspecified atom stereocenters. The van der Waals surface area contributed by atoms with E-state index in [4.69, 9.17) is 4.74 Å². The van der Waals surface area contributed by atoms with Gasteiger partial charge in [0.25, 0.3) is 0 Å². The highest BCUT2D eigenvalue weighted by Gasteiger charge is 2.19. The molecule has 4 aromatic rings. The molecular weight excluding hydrogens is 384 g/mol.